The minimum absolute atomic E-state index is 0.188. The smallest absolute Gasteiger partial charge is 0.0328 e. The monoisotopic (exact) mass is 275 g/mol. The highest BCUT2D eigenvalue weighted by atomic mass is 14.7. The van der Waals surface area contributed by atoms with Crippen LogP contribution in [0.25, 0.3) is 0 Å². The Bertz CT molecular complexity index is 424. The Labute approximate surface area is 126 Å². The van der Waals surface area contributed by atoms with Gasteiger partial charge in [-0.1, -0.05) is 26.7 Å². The molecule has 1 unspecified atom stereocenters. The first-order chi connectivity index (χ1) is 9.36. The molecule has 1 nitrogen and oxygen atoms in total. The van der Waals surface area contributed by atoms with Crippen molar-refractivity contribution in [3.63, 3.8) is 0 Å². The Hall–Kier alpha value is -0.820. The zero-order chi connectivity index (χ0) is 15.4. The van der Waals surface area contributed by atoms with E-state index < -0.39 is 0 Å². The fourth-order valence-electron chi connectivity index (χ4n) is 3.51. The van der Waals surface area contributed by atoms with Gasteiger partial charge in [0.05, 0.1) is 0 Å². The molecule has 0 aliphatic heterocycles. The molecule has 0 aliphatic carbocycles. The van der Waals surface area contributed by atoms with Crippen LogP contribution < -0.4 is 5.73 Å². The van der Waals surface area contributed by atoms with Crippen LogP contribution in [-0.2, 0) is 0 Å². The third-order valence-corrected chi connectivity index (χ3v) is 5.22. The van der Waals surface area contributed by atoms with Gasteiger partial charge in [-0.05, 0) is 86.8 Å². The Balaban J connectivity index is 3.30. The SMILES string of the molecule is CCCC(CCC)C(N)c1c(C)c(C)c(C)c(C)c1C. The lowest BCUT2D eigenvalue weighted by Gasteiger charge is -2.29. The maximum atomic E-state index is 6.70. The lowest BCUT2D eigenvalue weighted by atomic mass is 9.79. The second-order valence-corrected chi connectivity index (χ2v) is 6.40. The molecule has 114 valence electrons. The van der Waals surface area contributed by atoms with E-state index in [9.17, 15) is 0 Å². The summed E-state index contributed by atoms with van der Waals surface area (Å²) in [5.41, 5.74) is 15.2. The van der Waals surface area contributed by atoms with Gasteiger partial charge in [-0.3, -0.25) is 0 Å². The predicted octanol–water partition coefficient (Wildman–Crippen LogP) is 5.44. The number of benzene rings is 1. The molecule has 1 atom stereocenters. The van der Waals surface area contributed by atoms with Crippen molar-refractivity contribution in [1.82, 2.24) is 0 Å². The molecule has 0 amide bonds. The Morgan fingerprint density at radius 3 is 1.40 bits per heavy atom. The van der Waals surface area contributed by atoms with Crippen molar-refractivity contribution >= 4 is 0 Å². The van der Waals surface area contributed by atoms with Crippen molar-refractivity contribution in [2.75, 3.05) is 0 Å². The first-order valence-electron chi connectivity index (χ1n) is 8.19. The Kier molecular flexibility index (Phi) is 6.26. The summed E-state index contributed by atoms with van der Waals surface area (Å²) in [6.45, 7) is 15.7. The van der Waals surface area contributed by atoms with Crippen LogP contribution in [0, 0.1) is 40.5 Å². The van der Waals surface area contributed by atoms with Crippen molar-refractivity contribution < 1.29 is 0 Å². The molecule has 0 spiro atoms. The van der Waals surface area contributed by atoms with Gasteiger partial charge in [0.2, 0.25) is 0 Å². The average Bonchev–Trinajstić information content (AvgIpc) is 2.43. The molecule has 0 fully saturated rings. The van der Waals surface area contributed by atoms with Crippen molar-refractivity contribution in [2.45, 2.75) is 80.2 Å². The van der Waals surface area contributed by atoms with Gasteiger partial charge in [0.25, 0.3) is 0 Å². The van der Waals surface area contributed by atoms with Crippen LogP contribution in [-0.4, -0.2) is 0 Å². The van der Waals surface area contributed by atoms with Crippen LogP contribution in [0.2, 0.25) is 0 Å². The van der Waals surface area contributed by atoms with Gasteiger partial charge in [-0.25, -0.2) is 0 Å². The fraction of sp³-hybridized carbons (Fsp3) is 0.684. The maximum Gasteiger partial charge on any atom is 0.0328 e. The first-order valence-corrected chi connectivity index (χ1v) is 8.19. The molecule has 1 heteroatoms. The quantitative estimate of drug-likeness (QED) is 0.734. The molecular formula is C19H33N. The molecule has 1 rings (SSSR count). The van der Waals surface area contributed by atoms with E-state index in [0.717, 1.165) is 0 Å². The predicted molar refractivity (Wildman–Crippen MR) is 90.4 cm³/mol. The minimum atomic E-state index is 0.188. The van der Waals surface area contributed by atoms with Gasteiger partial charge in [-0.2, -0.15) is 0 Å². The van der Waals surface area contributed by atoms with E-state index in [1.54, 1.807) is 0 Å². The molecule has 1 aromatic rings. The molecule has 20 heavy (non-hydrogen) atoms. The largest absolute Gasteiger partial charge is 0.324 e. The number of hydrogen-bond donors (Lipinski definition) is 1. The van der Waals surface area contributed by atoms with Gasteiger partial charge >= 0.3 is 0 Å². The molecule has 0 radical (unpaired) electrons. The van der Waals surface area contributed by atoms with E-state index in [1.165, 1.54) is 59.1 Å². The van der Waals surface area contributed by atoms with Crippen molar-refractivity contribution in [1.29, 1.82) is 0 Å². The molecule has 1 aromatic carbocycles. The summed E-state index contributed by atoms with van der Waals surface area (Å²) in [6.07, 6.45) is 4.92. The number of hydrogen-bond acceptors (Lipinski definition) is 1. The molecule has 0 heterocycles. The van der Waals surface area contributed by atoms with Crippen molar-refractivity contribution in [3.8, 4) is 0 Å². The first kappa shape index (κ1) is 17.2. The highest BCUT2D eigenvalue weighted by molar-refractivity contribution is 5.50. The molecule has 0 aromatic heterocycles. The highest BCUT2D eigenvalue weighted by Crippen LogP contribution is 2.35. The Morgan fingerprint density at radius 1 is 0.700 bits per heavy atom. The van der Waals surface area contributed by atoms with E-state index in [2.05, 4.69) is 48.5 Å². The van der Waals surface area contributed by atoms with Crippen LogP contribution in [0.3, 0.4) is 0 Å². The summed E-state index contributed by atoms with van der Waals surface area (Å²) in [5.74, 6) is 0.615. The number of rotatable bonds is 6. The molecule has 0 saturated carbocycles. The van der Waals surface area contributed by atoms with Crippen LogP contribution in [0.4, 0.5) is 0 Å². The van der Waals surface area contributed by atoms with Gasteiger partial charge in [0.15, 0.2) is 0 Å². The summed E-state index contributed by atoms with van der Waals surface area (Å²) in [4.78, 5) is 0. The summed E-state index contributed by atoms with van der Waals surface area (Å²) in [6, 6.07) is 0.188. The molecule has 0 bridgehead atoms. The zero-order valence-corrected chi connectivity index (χ0v) is 14.6. The fourth-order valence-corrected chi connectivity index (χ4v) is 3.51. The zero-order valence-electron chi connectivity index (χ0n) is 14.6. The van der Waals surface area contributed by atoms with Crippen LogP contribution in [0.5, 0.6) is 0 Å². The highest BCUT2D eigenvalue weighted by Gasteiger charge is 2.23. The van der Waals surface area contributed by atoms with E-state index in [4.69, 9.17) is 5.73 Å². The van der Waals surface area contributed by atoms with Crippen molar-refractivity contribution in [3.05, 3.63) is 33.4 Å². The maximum absolute atomic E-state index is 6.70. The average molecular weight is 275 g/mol. The summed E-state index contributed by atoms with van der Waals surface area (Å²) in [5, 5.41) is 0. The standard InChI is InChI=1S/C19H33N/c1-8-10-17(11-9-2)19(20)18-15(6)13(4)12(3)14(5)16(18)7/h17,19H,8-11,20H2,1-7H3. The summed E-state index contributed by atoms with van der Waals surface area (Å²) >= 11 is 0. The third-order valence-electron chi connectivity index (χ3n) is 5.22. The minimum Gasteiger partial charge on any atom is -0.324 e. The van der Waals surface area contributed by atoms with Crippen molar-refractivity contribution in [2.24, 2.45) is 11.7 Å². The normalized spacial score (nSPS) is 13.1. The second-order valence-electron chi connectivity index (χ2n) is 6.40. The van der Waals surface area contributed by atoms with Crippen LogP contribution in [0.1, 0.15) is 79.0 Å². The Morgan fingerprint density at radius 2 is 1.05 bits per heavy atom. The van der Waals surface area contributed by atoms with Crippen LogP contribution >= 0.6 is 0 Å². The van der Waals surface area contributed by atoms with Gasteiger partial charge in [0, 0.05) is 6.04 Å². The summed E-state index contributed by atoms with van der Waals surface area (Å²) in [7, 11) is 0. The molecule has 2 N–H and O–H groups in total. The van der Waals surface area contributed by atoms with E-state index in [-0.39, 0.29) is 6.04 Å². The lowest BCUT2D eigenvalue weighted by molar-refractivity contribution is 0.366. The van der Waals surface area contributed by atoms with E-state index in [1.807, 2.05) is 0 Å². The number of nitrogens with two attached hydrogens (primary N) is 1. The second kappa shape index (κ2) is 7.26. The third kappa shape index (κ3) is 3.25. The molecular weight excluding hydrogens is 242 g/mol. The topological polar surface area (TPSA) is 26.0 Å². The van der Waals surface area contributed by atoms with Gasteiger partial charge in [0.1, 0.15) is 0 Å². The lowest BCUT2D eigenvalue weighted by Crippen LogP contribution is -2.24. The van der Waals surface area contributed by atoms with E-state index >= 15 is 0 Å². The molecule has 0 saturated heterocycles. The molecule has 0 aliphatic rings. The van der Waals surface area contributed by atoms with Crippen LogP contribution in [0.15, 0.2) is 0 Å². The summed E-state index contributed by atoms with van der Waals surface area (Å²) < 4.78 is 0. The van der Waals surface area contributed by atoms with E-state index in [0.29, 0.717) is 5.92 Å². The van der Waals surface area contributed by atoms with Gasteiger partial charge < -0.3 is 5.73 Å². The van der Waals surface area contributed by atoms with Gasteiger partial charge in [-0.15, -0.1) is 0 Å².